The number of esters is 1. The topological polar surface area (TPSA) is 53.2 Å². The van der Waals surface area contributed by atoms with Crippen molar-refractivity contribution in [1.29, 1.82) is 0 Å². The summed E-state index contributed by atoms with van der Waals surface area (Å²) in [4.78, 5) is 24.5. The molecule has 2 heterocycles. The van der Waals surface area contributed by atoms with Crippen molar-refractivity contribution in [2.24, 2.45) is 14.1 Å². The first-order chi connectivity index (χ1) is 10.5. The highest BCUT2D eigenvalue weighted by atomic mass is 16.5. The molecule has 0 aliphatic heterocycles. The number of carbonyl (C=O) groups excluding carboxylic acids is 1. The van der Waals surface area contributed by atoms with Gasteiger partial charge in [0, 0.05) is 32.1 Å². The van der Waals surface area contributed by atoms with Crippen LogP contribution in [0, 0.1) is 0 Å². The molecular weight excluding hydrogens is 280 g/mol. The second kappa shape index (κ2) is 5.18. The first kappa shape index (κ1) is 14.1. The Hall–Kier alpha value is -2.82. The van der Waals surface area contributed by atoms with Crippen LogP contribution in [0.1, 0.15) is 10.4 Å². The Morgan fingerprint density at radius 3 is 2.36 bits per heavy atom. The molecule has 0 fully saturated rings. The standard InChI is InChI=1S/C17H16N2O3/c1-18-10-13(17(21)22-3)14-15(18)12(9-19(2)16(14)20)11-7-5-4-6-8-11/h4-10H,1-3H3. The Morgan fingerprint density at radius 2 is 1.73 bits per heavy atom. The molecule has 3 rings (SSSR count). The van der Waals surface area contributed by atoms with Crippen LogP contribution >= 0.6 is 0 Å². The third kappa shape index (κ3) is 2.02. The number of ether oxygens (including phenoxy) is 1. The fraction of sp³-hybridized carbons (Fsp3) is 0.176. The second-order valence-electron chi connectivity index (χ2n) is 5.19. The van der Waals surface area contributed by atoms with Crippen molar-refractivity contribution in [1.82, 2.24) is 9.13 Å². The van der Waals surface area contributed by atoms with Crippen LogP contribution in [0.5, 0.6) is 0 Å². The zero-order valence-electron chi connectivity index (χ0n) is 12.7. The van der Waals surface area contributed by atoms with E-state index >= 15 is 0 Å². The third-order valence-electron chi connectivity index (χ3n) is 3.78. The monoisotopic (exact) mass is 296 g/mol. The van der Waals surface area contributed by atoms with E-state index < -0.39 is 5.97 Å². The molecule has 0 radical (unpaired) electrons. The van der Waals surface area contributed by atoms with Gasteiger partial charge in [-0.1, -0.05) is 30.3 Å². The first-order valence-corrected chi connectivity index (χ1v) is 6.87. The number of aromatic nitrogens is 2. The van der Waals surface area contributed by atoms with Crippen molar-refractivity contribution in [3.8, 4) is 11.1 Å². The van der Waals surface area contributed by atoms with Crippen LogP contribution < -0.4 is 5.56 Å². The molecule has 0 saturated heterocycles. The minimum Gasteiger partial charge on any atom is -0.465 e. The Balaban J connectivity index is 2.47. The van der Waals surface area contributed by atoms with E-state index in [1.165, 1.54) is 11.7 Å². The van der Waals surface area contributed by atoms with Crippen molar-refractivity contribution in [2.45, 2.75) is 0 Å². The second-order valence-corrected chi connectivity index (χ2v) is 5.19. The van der Waals surface area contributed by atoms with Crippen molar-refractivity contribution >= 4 is 16.9 Å². The normalized spacial score (nSPS) is 10.9. The summed E-state index contributed by atoms with van der Waals surface area (Å²) < 4.78 is 8.09. The number of carbonyl (C=O) groups is 1. The van der Waals surface area contributed by atoms with Gasteiger partial charge in [0.25, 0.3) is 5.56 Å². The number of hydrogen-bond acceptors (Lipinski definition) is 3. The third-order valence-corrected chi connectivity index (χ3v) is 3.78. The highest BCUT2D eigenvalue weighted by Gasteiger charge is 2.21. The number of methoxy groups -OCH3 is 1. The molecule has 0 aliphatic rings. The molecule has 3 aromatic rings. The number of benzene rings is 1. The number of pyridine rings is 1. The van der Waals surface area contributed by atoms with Gasteiger partial charge in [0.2, 0.25) is 0 Å². The first-order valence-electron chi connectivity index (χ1n) is 6.87. The molecule has 0 bridgehead atoms. The van der Waals surface area contributed by atoms with E-state index in [-0.39, 0.29) is 5.56 Å². The van der Waals surface area contributed by atoms with Crippen molar-refractivity contribution in [3.63, 3.8) is 0 Å². The van der Waals surface area contributed by atoms with Gasteiger partial charge in [0.05, 0.1) is 23.6 Å². The molecule has 0 spiro atoms. The van der Waals surface area contributed by atoms with Crippen LogP contribution in [-0.4, -0.2) is 22.2 Å². The van der Waals surface area contributed by atoms with Crippen LogP contribution in [0.15, 0.2) is 47.5 Å². The summed E-state index contributed by atoms with van der Waals surface area (Å²) in [7, 11) is 4.82. The molecule has 0 atom stereocenters. The van der Waals surface area contributed by atoms with E-state index in [0.29, 0.717) is 10.9 Å². The average molecular weight is 296 g/mol. The molecule has 0 N–H and O–H groups in total. The number of aryl methyl sites for hydroxylation is 2. The quantitative estimate of drug-likeness (QED) is 0.682. The van der Waals surface area contributed by atoms with Crippen LogP contribution in [0.2, 0.25) is 0 Å². The lowest BCUT2D eigenvalue weighted by Gasteiger charge is -2.09. The minimum absolute atomic E-state index is 0.212. The van der Waals surface area contributed by atoms with E-state index in [0.717, 1.165) is 16.6 Å². The van der Waals surface area contributed by atoms with E-state index in [4.69, 9.17) is 4.74 Å². The van der Waals surface area contributed by atoms with Crippen LogP contribution in [0.3, 0.4) is 0 Å². The summed E-state index contributed by atoms with van der Waals surface area (Å²) in [5, 5.41) is 0.387. The molecular formula is C17H16N2O3. The van der Waals surface area contributed by atoms with Gasteiger partial charge in [-0.15, -0.1) is 0 Å². The summed E-state index contributed by atoms with van der Waals surface area (Å²) in [5.74, 6) is -0.507. The molecule has 0 unspecified atom stereocenters. The Labute approximate surface area is 127 Å². The molecule has 5 heteroatoms. The minimum atomic E-state index is -0.507. The smallest absolute Gasteiger partial charge is 0.340 e. The van der Waals surface area contributed by atoms with Gasteiger partial charge in [-0.3, -0.25) is 4.79 Å². The summed E-state index contributed by atoms with van der Waals surface area (Å²) in [6.45, 7) is 0. The largest absolute Gasteiger partial charge is 0.465 e. The Morgan fingerprint density at radius 1 is 1.05 bits per heavy atom. The lowest BCUT2D eigenvalue weighted by molar-refractivity contribution is 0.0602. The van der Waals surface area contributed by atoms with Crippen LogP contribution in [-0.2, 0) is 18.8 Å². The van der Waals surface area contributed by atoms with Gasteiger partial charge in [-0.2, -0.15) is 0 Å². The highest BCUT2D eigenvalue weighted by molar-refractivity contribution is 6.07. The van der Waals surface area contributed by atoms with E-state index in [1.54, 1.807) is 24.0 Å². The molecule has 2 aromatic heterocycles. The summed E-state index contributed by atoms with van der Waals surface area (Å²) in [6.07, 6.45) is 3.44. The SMILES string of the molecule is COC(=O)c1cn(C)c2c(-c3ccccc3)cn(C)c(=O)c12. The van der Waals surface area contributed by atoms with Crippen molar-refractivity contribution < 1.29 is 9.53 Å². The molecule has 5 nitrogen and oxygen atoms in total. The fourth-order valence-electron chi connectivity index (χ4n) is 2.75. The average Bonchev–Trinajstić information content (AvgIpc) is 2.89. The van der Waals surface area contributed by atoms with Crippen molar-refractivity contribution in [3.05, 3.63) is 58.6 Å². The number of fused-ring (bicyclic) bond motifs is 1. The Kier molecular flexibility index (Phi) is 3.33. The lowest BCUT2D eigenvalue weighted by atomic mass is 10.0. The van der Waals surface area contributed by atoms with Crippen LogP contribution in [0.4, 0.5) is 0 Å². The lowest BCUT2D eigenvalue weighted by Crippen LogP contribution is -2.18. The van der Waals surface area contributed by atoms with Crippen molar-refractivity contribution in [2.75, 3.05) is 7.11 Å². The van der Waals surface area contributed by atoms with Gasteiger partial charge in [-0.25, -0.2) is 4.79 Å². The van der Waals surface area contributed by atoms with Gasteiger partial charge in [0.1, 0.15) is 0 Å². The molecule has 22 heavy (non-hydrogen) atoms. The molecule has 0 amide bonds. The van der Waals surface area contributed by atoms with Gasteiger partial charge in [-0.05, 0) is 5.56 Å². The number of nitrogens with zero attached hydrogens (tertiary/aromatic N) is 2. The van der Waals surface area contributed by atoms with Crippen LogP contribution in [0.25, 0.3) is 22.0 Å². The predicted octanol–water partition coefficient (Wildman–Crippen LogP) is 2.33. The predicted molar refractivity (Wildman–Crippen MR) is 84.9 cm³/mol. The molecule has 1 aromatic carbocycles. The zero-order chi connectivity index (χ0) is 15.9. The van der Waals surface area contributed by atoms with Gasteiger partial charge in [0.15, 0.2) is 0 Å². The van der Waals surface area contributed by atoms with E-state index in [1.807, 2.05) is 37.4 Å². The molecule has 0 aliphatic carbocycles. The molecule has 0 saturated carbocycles. The maximum atomic E-state index is 12.5. The fourth-order valence-corrected chi connectivity index (χ4v) is 2.75. The summed E-state index contributed by atoms with van der Waals surface area (Å²) in [6, 6.07) is 9.77. The highest BCUT2D eigenvalue weighted by Crippen LogP contribution is 2.29. The Bertz CT molecular complexity index is 920. The maximum Gasteiger partial charge on any atom is 0.340 e. The van der Waals surface area contributed by atoms with E-state index in [9.17, 15) is 9.59 Å². The summed E-state index contributed by atoms with van der Waals surface area (Å²) >= 11 is 0. The van der Waals surface area contributed by atoms with Gasteiger partial charge >= 0.3 is 5.97 Å². The zero-order valence-corrected chi connectivity index (χ0v) is 12.7. The number of hydrogen-bond donors (Lipinski definition) is 0. The van der Waals surface area contributed by atoms with Gasteiger partial charge < -0.3 is 13.9 Å². The molecule has 112 valence electrons. The van der Waals surface area contributed by atoms with E-state index in [2.05, 4.69) is 0 Å². The summed E-state index contributed by atoms with van der Waals surface area (Å²) in [5.41, 5.74) is 2.69. The number of rotatable bonds is 2. The maximum absolute atomic E-state index is 12.5.